The molecular weight excluding hydrogens is 400 g/mol. The number of anilines is 2. The van der Waals surface area contributed by atoms with E-state index < -0.39 is 0 Å². The topological polar surface area (TPSA) is 67.4 Å². The Labute approximate surface area is 186 Å². The van der Waals surface area contributed by atoms with Crippen LogP contribution >= 0.6 is 0 Å². The van der Waals surface area contributed by atoms with Gasteiger partial charge in [-0.05, 0) is 35.9 Å². The lowest BCUT2D eigenvalue weighted by Crippen LogP contribution is -2.22. The van der Waals surface area contributed by atoms with Gasteiger partial charge in [-0.2, -0.15) is 0 Å². The number of carbonyl (C=O) groups excluding carboxylic acids is 2. The maximum atomic E-state index is 12.7. The summed E-state index contributed by atoms with van der Waals surface area (Å²) in [4.78, 5) is 25.3. The Balaban J connectivity index is 1.43. The lowest BCUT2D eigenvalue weighted by Gasteiger charge is -2.13. The van der Waals surface area contributed by atoms with Gasteiger partial charge in [0.2, 0.25) is 0 Å². The highest BCUT2D eigenvalue weighted by molar-refractivity contribution is 6.06. The van der Waals surface area contributed by atoms with Crippen LogP contribution in [0.15, 0.2) is 109 Å². The van der Waals surface area contributed by atoms with Crippen LogP contribution in [0.5, 0.6) is 5.75 Å². The second-order valence-corrected chi connectivity index (χ2v) is 7.06. The van der Waals surface area contributed by atoms with Crippen LogP contribution < -0.4 is 15.4 Å². The Kier molecular flexibility index (Phi) is 6.58. The van der Waals surface area contributed by atoms with E-state index in [1.54, 1.807) is 36.4 Å². The molecule has 158 valence electrons. The first-order valence-corrected chi connectivity index (χ1v) is 10.2. The van der Waals surface area contributed by atoms with E-state index in [1.165, 1.54) is 0 Å². The van der Waals surface area contributed by atoms with Crippen LogP contribution in [0.2, 0.25) is 0 Å². The number of ether oxygens (including phenoxy) is 1. The molecule has 5 heteroatoms. The van der Waals surface area contributed by atoms with Gasteiger partial charge in [0.25, 0.3) is 11.8 Å². The smallest absolute Gasteiger partial charge is 0.262 e. The molecule has 0 fully saturated rings. The van der Waals surface area contributed by atoms with E-state index in [4.69, 9.17) is 4.74 Å². The van der Waals surface area contributed by atoms with Gasteiger partial charge in [0, 0.05) is 16.9 Å². The van der Waals surface area contributed by atoms with Crippen molar-refractivity contribution in [1.29, 1.82) is 0 Å². The molecular formula is C27H22N2O3. The molecule has 0 saturated heterocycles. The van der Waals surface area contributed by atoms with Crippen molar-refractivity contribution in [2.24, 2.45) is 0 Å². The van der Waals surface area contributed by atoms with Crippen molar-refractivity contribution in [3.05, 3.63) is 115 Å². The number of hydrogen-bond acceptors (Lipinski definition) is 3. The fourth-order valence-electron chi connectivity index (χ4n) is 3.29. The SMILES string of the molecule is O=C(COc1ccccc1C(=O)Nc1ccccc1)Nc1ccccc1-c1ccccc1. The molecule has 5 nitrogen and oxygen atoms in total. The minimum Gasteiger partial charge on any atom is -0.483 e. The van der Waals surface area contributed by atoms with E-state index >= 15 is 0 Å². The standard InChI is InChI=1S/C27H22N2O3/c30-26(29-24-17-9-7-15-22(24)20-11-3-1-4-12-20)19-32-25-18-10-8-16-23(25)27(31)28-21-13-5-2-6-14-21/h1-18H,19H2,(H,28,31)(H,29,30). The highest BCUT2D eigenvalue weighted by Gasteiger charge is 2.14. The Hall–Kier alpha value is -4.38. The molecule has 0 saturated carbocycles. The molecule has 4 aromatic rings. The normalized spacial score (nSPS) is 10.2. The molecule has 0 aliphatic heterocycles. The number of amides is 2. The lowest BCUT2D eigenvalue weighted by molar-refractivity contribution is -0.118. The highest BCUT2D eigenvalue weighted by Crippen LogP contribution is 2.27. The van der Waals surface area contributed by atoms with Gasteiger partial charge in [-0.25, -0.2) is 0 Å². The largest absolute Gasteiger partial charge is 0.483 e. The quantitative estimate of drug-likeness (QED) is 0.406. The van der Waals surface area contributed by atoms with Crippen LogP contribution in [0.3, 0.4) is 0 Å². The minimum absolute atomic E-state index is 0.223. The van der Waals surface area contributed by atoms with Crippen molar-refractivity contribution in [2.45, 2.75) is 0 Å². The van der Waals surface area contributed by atoms with Crippen molar-refractivity contribution in [1.82, 2.24) is 0 Å². The van der Waals surface area contributed by atoms with Crippen molar-refractivity contribution in [2.75, 3.05) is 17.2 Å². The van der Waals surface area contributed by atoms with Crippen molar-refractivity contribution >= 4 is 23.2 Å². The van der Waals surface area contributed by atoms with Gasteiger partial charge in [-0.3, -0.25) is 9.59 Å². The zero-order valence-electron chi connectivity index (χ0n) is 17.3. The summed E-state index contributed by atoms with van der Waals surface area (Å²) in [6, 6.07) is 33.4. The molecule has 4 aromatic carbocycles. The molecule has 2 N–H and O–H groups in total. The third-order valence-corrected chi connectivity index (χ3v) is 4.81. The van der Waals surface area contributed by atoms with Crippen LogP contribution in [-0.4, -0.2) is 18.4 Å². The van der Waals surface area contributed by atoms with Gasteiger partial charge >= 0.3 is 0 Å². The third kappa shape index (κ3) is 5.21. The number of hydrogen-bond donors (Lipinski definition) is 2. The summed E-state index contributed by atoms with van der Waals surface area (Å²) in [5.74, 6) is -0.277. The summed E-state index contributed by atoms with van der Waals surface area (Å²) >= 11 is 0. The van der Waals surface area contributed by atoms with Crippen molar-refractivity contribution in [3.63, 3.8) is 0 Å². The maximum Gasteiger partial charge on any atom is 0.262 e. The first-order valence-electron chi connectivity index (χ1n) is 10.2. The average molecular weight is 422 g/mol. The zero-order valence-corrected chi connectivity index (χ0v) is 17.3. The number of rotatable bonds is 7. The van der Waals surface area contributed by atoms with Gasteiger partial charge in [0.05, 0.1) is 5.56 Å². The molecule has 0 spiro atoms. The van der Waals surface area contributed by atoms with Crippen LogP contribution in [0, 0.1) is 0 Å². The molecule has 2 amide bonds. The second kappa shape index (κ2) is 10.1. The summed E-state index contributed by atoms with van der Waals surface area (Å²) in [6.45, 7) is -0.223. The number of nitrogens with one attached hydrogen (secondary N) is 2. The summed E-state index contributed by atoms with van der Waals surface area (Å²) < 4.78 is 5.70. The van der Waals surface area contributed by atoms with E-state index in [0.717, 1.165) is 11.1 Å². The summed E-state index contributed by atoms with van der Waals surface area (Å²) in [5.41, 5.74) is 3.66. The third-order valence-electron chi connectivity index (χ3n) is 4.81. The molecule has 0 radical (unpaired) electrons. The molecule has 0 atom stereocenters. The van der Waals surface area contributed by atoms with E-state index in [2.05, 4.69) is 10.6 Å². The molecule has 0 aliphatic rings. The van der Waals surface area contributed by atoms with Crippen LogP contribution in [0.4, 0.5) is 11.4 Å². The predicted molar refractivity (Wildman–Crippen MR) is 127 cm³/mol. The fourth-order valence-corrected chi connectivity index (χ4v) is 3.29. The monoisotopic (exact) mass is 422 g/mol. The summed E-state index contributed by atoms with van der Waals surface area (Å²) in [7, 11) is 0. The fraction of sp³-hybridized carbons (Fsp3) is 0.0370. The first kappa shape index (κ1) is 20.9. The van der Waals surface area contributed by atoms with Crippen LogP contribution in [0.25, 0.3) is 11.1 Å². The zero-order chi connectivity index (χ0) is 22.2. The van der Waals surface area contributed by atoms with Crippen LogP contribution in [0.1, 0.15) is 10.4 Å². The number of benzene rings is 4. The van der Waals surface area contributed by atoms with E-state index in [9.17, 15) is 9.59 Å². The predicted octanol–water partition coefficient (Wildman–Crippen LogP) is 5.62. The van der Waals surface area contributed by atoms with E-state index in [1.807, 2.05) is 72.8 Å². The van der Waals surface area contributed by atoms with Gasteiger partial charge in [-0.1, -0.05) is 78.9 Å². The van der Waals surface area contributed by atoms with Gasteiger partial charge < -0.3 is 15.4 Å². The van der Waals surface area contributed by atoms with Crippen molar-refractivity contribution < 1.29 is 14.3 Å². The number of carbonyl (C=O) groups is 2. The highest BCUT2D eigenvalue weighted by atomic mass is 16.5. The molecule has 0 aromatic heterocycles. The molecule has 0 heterocycles. The molecule has 4 rings (SSSR count). The van der Waals surface area contributed by atoms with Gasteiger partial charge in [-0.15, -0.1) is 0 Å². The van der Waals surface area contributed by atoms with E-state index in [0.29, 0.717) is 22.7 Å². The molecule has 0 bridgehead atoms. The first-order chi connectivity index (χ1) is 15.7. The van der Waals surface area contributed by atoms with Crippen LogP contribution in [-0.2, 0) is 4.79 Å². The van der Waals surface area contributed by atoms with Gasteiger partial charge in [0.15, 0.2) is 6.61 Å². The Bertz CT molecular complexity index is 1210. The Morgan fingerprint density at radius 2 is 1.28 bits per heavy atom. The maximum absolute atomic E-state index is 12.7. The second-order valence-electron chi connectivity index (χ2n) is 7.06. The Morgan fingerprint density at radius 3 is 2.06 bits per heavy atom. The Morgan fingerprint density at radius 1 is 0.656 bits per heavy atom. The molecule has 32 heavy (non-hydrogen) atoms. The van der Waals surface area contributed by atoms with E-state index in [-0.39, 0.29) is 18.4 Å². The minimum atomic E-state index is -0.313. The summed E-state index contributed by atoms with van der Waals surface area (Å²) in [5, 5.41) is 5.74. The molecule has 0 aliphatic carbocycles. The average Bonchev–Trinajstić information content (AvgIpc) is 2.84. The number of para-hydroxylation sites is 3. The molecule has 0 unspecified atom stereocenters. The lowest BCUT2D eigenvalue weighted by atomic mass is 10.0. The van der Waals surface area contributed by atoms with Gasteiger partial charge in [0.1, 0.15) is 5.75 Å². The van der Waals surface area contributed by atoms with Crippen molar-refractivity contribution in [3.8, 4) is 16.9 Å². The summed E-state index contributed by atoms with van der Waals surface area (Å²) in [6.07, 6.45) is 0.